The van der Waals surface area contributed by atoms with E-state index in [9.17, 15) is 19.5 Å². The van der Waals surface area contributed by atoms with E-state index in [1.807, 2.05) is 25.3 Å². The second kappa shape index (κ2) is 8.27. The van der Waals surface area contributed by atoms with Crippen LogP contribution in [0.3, 0.4) is 0 Å². The number of aliphatic carboxylic acids is 1. The summed E-state index contributed by atoms with van der Waals surface area (Å²) < 4.78 is 5.64. The molecule has 0 bridgehead atoms. The first-order chi connectivity index (χ1) is 12.9. The van der Waals surface area contributed by atoms with Gasteiger partial charge in [-0.1, -0.05) is 29.8 Å². The number of thioether (sulfide) groups is 1. The number of nitrogens with zero attached hydrogens (tertiary/aromatic N) is 1. The second-order valence-electron chi connectivity index (χ2n) is 6.84. The Kier molecular flexibility index (Phi) is 6.01. The number of amides is 1. The third-order valence-corrected chi connectivity index (χ3v) is 5.84. The van der Waals surface area contributed by atoms with Gasteiger partial charge in [0.25, 0.3) is 5.91 Å². The van der Waals surface area contributed by atoms with E-state index in [2.05, 4.69) is 0 Å². The molecule has 6 nitrogen and oxygen atoms in total. The second-order valence-corrected chi connectivity index (χ2v) is 7.76. The van der Waals surface area contributed by atoms with Gasteiger partial charge >= 0.3 is 5.97 Å². The van der Waals surface area contributed by atoms with Gasteiger partial charge in [0.2, 0.25) is 0 Å². The van der Waals surface area contributed by atoms with Gasteiger partial charge in [-0.3, -0.25) is 14.4 Å². The van der Waals surface area contributed by atoms with Crippen molar-refractivity contribution in [3.8, 4) is 0 Å². The van der Waals surface area contributed by atoms with Crippen molar-refractivity contribution in [1.29, 1.82) is 0 Å². The summed E-state index contributed by atoms with van der Waals surface area (Å²) in [5, 5.41) is 8.78. The first kappa shape index (κ1) is 19.6. The molecular formula is C20H23NO5S. The maximum absolute atomic E-state index is 13.2. The van der Waals surface area contributed by atoms with Crippen LogP contribution >= 0.6 is 11.8 Å². The molecule has 0 saturated carbocycles. The van der Waals surface area contributed by atoms with E-state index in [1.54, 1.807) is 17.0 Å². The van der Waals surface area contributed by atoms with E-state index < -0.39 is 17.8 Å². The lowest BCUT2D eigenvalue weighted by molar-refractivity contribution is -0.137. The van der Waals surface area contributed by atoms with E-state index in [-0.39, 0.29) is 28.9 Å². The van der Waals surface area contributed by atoms with Crippen molar-refractivity contribution in [2.45, 2.75) is 37.7 Å². The highest BCUT2D eigenvalue weighted by molar-refractivity contribution is 7.99. The van der Waals surface area contributed by atoms with Gasteiger partial charge in [-0.2, -0.15) is 0 Å². The Morgan fingerprint density at radius 3 is 2.56 bits per heavy atom. The molecule has 144 valence electrons. The lowest BCUT2D eigenvalue weighted by Gasteiger charge is -2.27. The molecule has 2 aliphatic rings. The summed E-state index contributed by atoms with van der Waals surface area (Å²) in [5.41, 5.74) is 1.86. The summed E-state index contributed by atoms with van der Waals surface area (Å²) >= 11 is 1.37. The Morgan fingerprint density at radius 2 is 2.00 bits per heavy atom. The minimum atomic E-state index is -1.12. The quantitative estimate of drug-likeness (QED) is 0.722. The van der Waals surface area contributed by atoms with Crippen LogP contribution in [0.25, 0.3) is 0 Å². The van der Waals surface area contributed by atoms with Crippen molar-refractivity contribution in [3.05, 3.63) is 46.5 Å². The first-order valence-corrected chi connectivity index (χ1v) is 10.2. The molecule has 3 rings (SSSR count). The van der Waals surface area contributed by atoms with Gasteiger partial charge in [0.1, 0.15) is 5.37 Å². The fourth-order valence-electron chi connectivity index (χ4n) is 3.56. The van der Waals surface area contributed by atoms with Crippen LogP contribution in [0.4, 0.5) is 0 Å². The fourth-order valence-corrected chi connectivity index (χ4v) is 4.48. The normalized spacial score (nSPS) is 22.6. The maximum Gasteiger partial charge on any atom is 0.308 e. The number of hydrogen-bond donors (Lipinski definition) is 1. The van der Waals surface area contributed by atoms with Crippen molar-refractivity contribution < 1.29 is 24.2 Å². The Labute approximate surface area is 162 Å². The molecule has 1 fully saturated rings. The number of carbonyl (C=O) groups excluding carboxylic acids is 2. The molecule has 1 aromatic carbocycles. The van der Waals surface area contributed by atoms with Crippen molar-refractivity contribution in [3.63, 3.8) is 0 Å². The molecule has 2 unspecified atom stereocenters. The zero-order chi connectivity index (χ0) is 19.6. The molecular weight excluding hydrogens is 366 g/mol. The summed E-state index contributed by atoms with van der Waals surface area (Å²) in [6.07, 6.45) is 3.11. The van der Waals surface area contributed by atoms with E-state index in [0.717, 1.165) is 18.4 Å². The smallest absolute Gasteiger partial charge is 0.308 e. The Bertz CT molecular complexity index is 780. The van der Waals surface area contributed by atoms with Crippen LogP contribution in [0.1, 0.15) is 35.2 Å². The molecule has 1 aromatic rings. The lowest BCUT2D eigenvalue weighted by atomic mass is 9.98. The van der Waals surface area contributed by atoms with Crippen LogP contribution < -0.4 is 0 Å². The molecule has 1 amide bonds. The summed E-state index contributed by atoms with van der Waals surface area (Å²) in [6.45, 7) is 2.97. The topological polar surface area (TPSA) is 83.9 Å². The molecule has 1 saturated heterocycles. The molecule has 7 heteroatoms. The molecule has 2 atom stereocenters. The average molecular weight is 389 g/mol. The van der Waals surface area contributed by atoms with Crippen molar-refractivity contribution in [2.75, 3.05) is 19.4 Å². The minimum Gasteiger partial charge on any atom is -0.481 e. The monoisotopic (exact) mass is 389 g/mol. The van der Waals surface area contributed by atoms with Gasteiger partial charge in [-0.15, -0.1) is 11.8 Å². The highest BCUT2D eigenvalue weighted by atomic mass is 32.2. The zero-order valence-electron chi connectivity index (χ0n) is 15.4. The van der Waals surface area contributed by atoms with Gasteiger partial charge in [-0.25, -0.2) is 0 Å². The van der Waals surface area contributed by atoms with Crippen LogP contribution in [0.2, 0.25) is 0 Å². The maximum atomic E-state index is 13.2. The van der Waals surface area contributed by atoms with Gasteiger partial charge in [0.15, 0.2) is 5.78 Å². The van der Waals surface area contributed by atoms with Gasteiger partial charge < -0.3 is 14.7 Å². The number of carboxylic acids is 1. The van der Waals surface area contributed by atoms with E-state index in [4.69, 9.17) is 4.74 Å². The van der Waals surface area contributed by atoms with Gasteiger partial charge in [-0.05, 0) is 26.0 Å². The Balaban J connectivity index is 1.97. The largest absolute Gasteiger partial charge is 0.481 e. The van der Waals surface area contributed by atoms with Crippen LogP contribution in [-0.2, 0) is 14.3 Å². The minimum absolute atomic E-state index is 0.0662. The number of aryl methyl sites for hydroxylation is 1. The summed E-state index contributed by atoms with van der Waals surface area (Å²) in [4.78, 5) is 39.1. The van der Waals surface area contributed by atoms with E-state index in [1.165, 1.54) is 11.8 Å². The van der Waals surface area contributed by atoms with Crippen LogP contribution in [0.5, 0.6) is 0 Å². The molecule has 0 aromatic heterocycles. The average Bonchev–Trinajstić information content (AvgIpc) is 3.23. The molecule has 0 radical (unpaired) electrons. The summed E-state index contributed by atoms with van der Waals surface area (Å²) in [7, 11) is 0. The lowest BCUT2D eigenvalue weighted by Crippen LogP contribution is -2.40. The molecule has 0 aliphatic carbocycles. The molecule has 2 heterocycles. The number of ether oxygens (including phenoxy) is 1. The van der Waals surface area contributed by atoms with E-state index in [0.29, 0.717) is 18.7 Å². The number of Topliss-reactive ketones (excluding diaryl/α,β-unsaturated/α-hetero) is 1. The summed E-state index contributed by atoms with van der Waals surface area (Å²) in [6, 6.07) is 7.10. The highest BCUT2D eigenvalue weighted by Gasteiger charge is 2.43. The van der Waals surface area contributed by atoms with Crippen molar-refractivity contribution in [2.24, 2.45) is 0 Å². The third-order valence-electron chi connectivity index (χ3n) is 4.91. The van der Waals surface area contributed by atoms with Crippen molar-refractivity contribution >= 4 is 29.4 Å². The molecule has 2 aliphatic heterocycles. The number of ketones is 1. The van der Waals surface area contributed by atoms with Gasteiger partial charge in [0.05, 0.1) is 12.5 Å². The number of rotatable bonds is 7. The number of benzene rings is 1. The SMILES string of the molecule is CSC1C(C(=O)c2ccc(C)cc2)=C(CC(=O)O)C(=O)N1CC1CCCO1. The first-order valence-electron chi connectivity index (χ1n) is 8.94. The number of carboxylic acid groups (broad SMARTS) is 1. The predicted octanol–water partition coefficient (Wildman–Crippen LogP) is 2.66. The molecule has 1 N–H and O–H groups in total. The van der Waals surface area contributed by atoms with Crippen LogP contribution in [-0.4, -0.2) is 58.6 Å². The fraction of sp³-hybridized carbons (Fsp3) is 0.450. The molecule has 27 heavy (non-hydrogen) atoms. The highest BCUT2D eigenvalue weighted by Crippen LogP contribution is 2.36. The van der Waals surface area contributed by atoms with E-state index >= 15 is 0 Å². The number of carbonyl (C=O) groups is 3. The van der Waals surface area contributed by atoms with Gasteiger partial charge in [0, 0.05) is 29.9 Å². The van der Waals surface area contributed by atoms with Crippen molar-refractivity contribution in [1.82, 2.24) is 4.90 Å². The zero-order valence-corrected chi connectivity index (χ0v) is 16.3. The molecule has 0 spiro atoms. The van der Waals surface area contributed by atoms with Crippen LogP contribution in [0.15, 0.2) is 35.4 Å². The standard InChI is InChI=1S/C20H23NO5S/c1-12-5-7-13(8-6-12)18(24)17-15(10-16(22)23)19(25)21(20(17)27-2)11-14-4-3-9-26-14/h5-8,14,20H,3-4,9-11H2,1-2H3,(H,22,23). The Morgan fingerprint density at radius 1 is 1.30 bits per heavy atom. The van der Waals surface area contributed by atoms with Crippen LogP contribution in [0, 0.1) is 6.92 Å². The summed E-state index contributed by atoms with van der Waals surface area (Å²) in [5.74, 6) is -1.78. The number of hydrogen-bond acceptors (Lipinski definition) is 5. The predicted molar refractivity (Wildman–Crippen MR) is 103 cm³/mol. The Hall–Kier alpha value is -2.12. The third kappa shape index (κ3) is 4.09.